The number of hydrogen-bond acceptors (Lipinski definition) is 6. The number of nitrogens with zero attached hydrogens (tertiary/aromatic N) is 4. The standard InChI is InChI=1S/C16H26N4OS/c1-19(2)15-17-12-13-4-10-21-16(14(13)18-15)5-7-20(8-6-16)9-11-22-3/h12H,4-11H2,1-3H3. The molecule has 0 N–H and O–H groups in total. The number of hydrogen-bond donors (Lipinski definition) is 0. The Morgan fingerprint density at radius 2 is 2.14 bits per heavy atom. The second-order valence-electron chi connectivity index (χ2n) is 6.37. The number of rotatable bonds is 4. The van der Waals surface area contributed by atoms with E-state index in [1.807, 2.05) is 37.0 Å². The Kier molecular flexibility index (Phi) is 4.90. The van der Waals surface area contributed by atoms with Crippen LogP contribution in [0.5, 0.6) is 0 Å². The lowest BCUT2D eigenvalue weighted by atomic mass is 9.83. The van der Waals surface area contributed by atoms with Crippen LogP contribution in [0, 0.1) is 0 Å². The number of fused-ring (bicyclic) bond motifs is 2. The molecule has 0 aliphatic carbocycles. The molecule has 0 saturated carbocycles. The van der Waals surface area contributed by atoms with Gasteiger partial charge in [0.25, 0.3) is 0 Å². The molecule has 0 unspecified atom stereocenters. The van der Waals surface area contributed by atoms with Gasteiger partial charge >= 0.3 is 0 Å². The lowest BCUT2D eigenvalue weighted by molar-refractivity contribution is -0.100. The number of piperidine rings is 1. The van der Waals surface area contributed by atoms with Gasteiger partial charge in [0.05, 0.1) is 12.3 Å². The van der Waals surface area contributed by atoms with Crippen molar-refractivity contribution in [2.24, 2.45) is 0 Å². The molecule has 3 rings (SSSR count). The zero-order valence-electron chi connectivity index (χ0n) is 13.8. The molecule has 1 fully saturated rings. The van der Waals surface area contributed by atoms with E-state index in [-0.39, 0.29) is 5.60 Å². The van der Waals surface area contributed by atoms with Crippen molar-refractivity contribution < 1.29 is 4.74 Å². The first-order valence-electron chi connectivity index (χ1n) is 8.03. The molecule has 0 radical (unpaired) electrons. The second-order valence-corrected chi connectivity index (χ2v) is 7.35. The first-order chi connectivity index (χ1) is 10.6. The molecule has 0 bridgehead atoms. The lowest BCUT2D eigenvalue weighted by Gasteiger charge is -2.44. The van der Waals surface area contributed by atoms with Gasteiger partial charge in [-0.3, -0.25) is 0 Å². The Morgan fingerprint density at radius 3 is 2.82 bits per heavy atom. The van der Waals surface area contributed by atoms with E-state index in [0.29, 0.717) is 0 Å². The summed E-state index contributed by atoms with van der Waals surface area (Å²) in [4.78, 5) is 13.8. The summed E-state index contributed by atoms with van der Waals surface area (Å²) < 4.78 is 6.28. The van der Waals surface area contributed by atoms with Gasteiger partial charge in [-0.25, -0.2) is 9.97 Å². The summed E-state index contributed by atoms with van der Waals surface area (Å²) in [6, 6.07) is 0. The van der Waals surface area contributed by atoms with Gasteiger partial charge in [0.15, 0.2) is 0 Å². The molecule has 1 aromatic heterocycles. The van der Waals surface area contributed by atoms with Crippen molar-refractivity contribution in [1.29, 1.82) is 0 Å². The van der Waals surface area contributed by atoms with E-state index in [1.165, 1.54) is 17.9 Å². The third kappa shape index (κ3) is 3.09. The molecular weight excluding hydrogens is 296 g/mol. The number of ether oxygens (including phenoxy) is 1. The normalized spacial score (nSPS) is 20.9. The van der Waals surface area contributed by atoms with E-state index in [0.717, 1.165) is 50.6 Å². The van der Waals surface area contributed by atoms with Crippen molar-refractivity contribution in [2.45, 2.75) is 24.9 Å². The van der Waals surface area contributed by atoms with Crippen molar-refractivity contribution in [3.8, 4) is 0 Å². The Balaban J connectivity index is 1.80. The predicted octanol–water partition coefficient (Wildman–Crippen LogP) is 1.77. The van der Waals surface area contributed by atoms with Gasteiger partial charge in [0.1, 0.15) is 5.60 Å². The summed E-state index contributed by atoms with van der Waals surface area (Å²) >= 11 is 1.92. The summed E-state index contributed by atoms with van der Waals surface area (Å²) in [5, 5.41) is 0. The fourth-order valence-corrected chi connectivity index (χ4v) is 3.80. The average Bonchev–Trinajstić information content (AvgIpc) is 2.54. The van der Waals surface area contributed by atoms with Crippen LogP contribution in [0.4, 0.5) is 5.95 Å². The summed E-state index contributed by atoms with van der Waals surface area (Å²) in [6.45, 7) is 4.17. The van der Waals surface area contributed by atoms with Gasteiger partial charge in [-0.2, -0.15) is 11.8 Å². The Bertz CT molecular complexity index is 515. The largest absolute Gasteiger partial charge is 0.368 e. The van der Waals surface area contributed by atoms with E-state index in [9.17, 15) is 0 Å². The predicted molar refractivity (Wildman–Crippen MR) is 91.7 cm³/mol. The van der Waals surface area contributed by atoms with Crippen LogP contribution in [0.3, 0.4) is 0 Å². The molecule has 5 nitrogen and oxygen atoms in total. The summed E-state index contributed by atoms with van der Waals surface area (Å²) in [7, 11) is 3.98. The zero-order chi connectivity index (χ0) is 15.6. The summed E-state index contributed by atoms with van der Waals surface area (Å²) in [5.41, 5.74) is 2.23. The minimum Gasteiger partial charge on any atom is -0.368 e. The van der Waals surface area contributed by atoms with Crippen molar-refractivity contribution >= 4 is 17.7 Å². The van der Waals surface area contributed by atoms with E-state index in [1.54, 1.807) is 0 Å². The van der Waals surface area contributed by atoms with Crippen LogP contribution in [0.1, 0.15) is 24.1 Å². The van der Waals surface area contributed by atoms with Crippen LogP contribution >= 0.6 is 11.8 Å². The van der Waals surface area contributed by atoms with Gasteiger partial charge in [0, 0.05) is 45.7 Å². The third-order valence-electron chi connectivity index (χ3n) is 4.71. The summed E-state index contributed by atoms with van der Waals surface area (Å²) in [6.07, 6.45) is 7.19. The Labute approximate surface area is 137 Å². The Morgan fingerprint density at radius 1 is 1.36 bits per heavy atom. The van der Waals surface area contributed by atoms with Crippen molar-refractivity contribution in [3.63, 3.8) is 0 Å². The van der Waals surface area contributed by atoms with Crippen LogP contribution in [0.25, 0.3) is 0 Å². The molecule has 6 heteroatoms. The maximum absolute atomic E-state index is 6.28. The summed E-state index contributed by atoms with van der Waals surface area (Å²) in [5.74, 6) is 1.99. The van der Waals surface area contributed by atoms with Crippen molar-refractivity contribution in [1.82, 2.24) is 14.9 Å². The topological polar surface area (TPSA) is 41.5 Å². The van der Waals surface area contributed by atoms with E-state index < -0.39 is 0 Å². The van der Waals surface area contributed by atoms with Crippen molar-refractivity contribution in [3.05, 3.63) is 17.5 Å². The third-order valence-corrected chi connectivity index (χ3v) is 5.30. The highest BCUT2D eigenvalue weighted by Crippen LogP contribution is 2.40. The number of anilines is 1. The maximum Gasteiger partial charge on any atom is 0.225 e. The number of aromatic nitrogens is 2. The Hall–Kier alpha value is -0.850. The molecule has 3 heterocycles. The molecule has 2 aliphatic heterocycles. The fraction of sp³-hybridized carbons (Fsp3) is 0.750. The first kappa shape index (κ1) is 16.0. The smallest absolute Gasteiger partial charge is 0.225 e. The molecular formula is C16H26N4OS. The molecule has 2 aliphatic rings. The van der Waals surface area contributed by atoms with Gasteiger partial charge in [-0.1, -0.05) is 0 Å². The molecule has 122 valence electrons. The van der Waals surface area contributed by atoms with E-state index in [2.05, 4.69) is 16.1 Å². The highest BCUT2D eigenvalue weighted by atomic mass is 32.2. The quantitative estimate of drug-likeness (QED) is 0.841. The van der Waals surface area contributed by atoms with Gasteiger partial charge in [0.2, 0.25) is 5.95 Å². The highest BCUT2D eigenvalue weighted by molar-refractivity contribution is 7.98. The van der Waals surface area contributed by atoms with Crippen LogP contribution < -0.4 is 4.90 Å². The van der Waals surface area contributed by atoms with Crippen LogP contribution in [-0.2, 0) is 16.8 Å². The molecule has 0 amide bonds. The lowest BCUT2D eigenvalue weighted by Crippen LogP contribution is -2.47. The molecule has 1 spiro atoms. The first-order valence-corrected chi connectivity index (χ1v) is 9.43. The average molecular weight is 322 g/mol. The van der Waals surface area contributed by atoms with E-state index in [4.69, 9.17) is 9.72 Å². The number of likely N-dealkylation sites (tertiary alicyclic amines) is 1. The molecule has 0 aromatic carbocycles. The van der Waals surface area contributed by atoms with Crippen LogP contribution in [-0.4, -0.2) is 67.2 Å². The molecule has 22 heavy (non-hydrogen) atoms. The second kappa shape index (κ2) is 6.72. The molecule has 1 aromatic rings. The van der Waals surface area contributed by atoms with Crippen LogP contribution in [0.15, 0.2) is 6.20 Å². The van der Waals surface area contributed by atoms with Crippen molar-refractivity contribution in [2.75, 3.05) is 57.2 Å². The monoisotopic (exact) mass is 322 g/mol. The highest BCUT2D eigenvalue weighted by Gasteiger charge is 2.42. The van der Waals surface area contributed by atoms with Gasteiger partial charge in [-0.05, 0) is 31.1 Å². The molecule has 0 atom stereocenters. The zero-order valence-corrected chi connectivity index (χ0v) is 14.7. The molecule has 1 saturated heterocycles. The minimum atomic E-state index is -0.183. The van der Waals surface area contributed by atoms with E-state index >= 15 is 0 Å². The SMILES string of the molecule is CSCCN1CCC2(CC1)OCCc1cnc(N(C)C)nc12. The number of thioether (sulfide) groups is 1. The van der Waals surface area contributed by atoms with Gasteiger partial charge in [-0.15, -0.1) is 0 Å². The fourth-order valence-electron chi connectivity index (χ4n) is 3.35. The minimum absolute atomic E-state index is 0.183. The van der Waals surface area contributed by atoms with Gasteiger partial charge < -0.3 is 14.5 Å². The maximum atomic E-state index is 6.28. The van der Waals surface area contributed by atoms with Crippen LogP contribution in [0.2, 0.25) is 0 Å².